The van der Waals surface area contributed by atoms with E-state index in [4.69, 9.17) is 5.73 Å². The second kappa shape index (κ2) is 5.11. The second-order valence-corrected chi connectivity index (χ2v) is 7.01. The molecular formula is C9H15N3O3S2. The van der Waals surface area contributed by atoms with Crippen LogP contribution in [-0.2, 0) is 10.0 Å². The Bertz CT molecular complexity index is 505. The predicted molar refractivity (Wildman–Crippen MR) is 66.2 cm³/mol. The van der Waals surface area contributed by atoms with Crippen molar-refractivity contribution >= 4 is 27.3 Å². The van der Waals surface area contributed by atoms with E-state index in [0.717, 1.165) is 0 Å². The Labute approximate surface area is 104 Å². The summed E-state index contributed by atoms with van der Waals surface area (Å²) in [6, 6.07) is -0.275. The van der Waals surface area contributed by atoms with Crippen molar-refractivity contribution in [3.05, 3.63) is 16.1 Å². The van der Waals surface area contributed by atoms with Crippen LogP contribution in [0.25, 0.3) is 0 Å². The Morgan fingerprint density at radius 1 is 1.47 bits per heavy atom. The number of hydrogen-bond acceptors (Lipinski definition) is 6. The zero-order chi connectivity index (χ0) is 13.2. The fraction of sp³-hybridized carbons (Fsp3) is 0.556. The van der Waals surface area contributed by atoms with Crippen molar-refractivity contribution in [2.24, 2.45) is 5.73 Å². The first-order chi connectivity index (χ1) is 7.74. The maximum absolute atomic E-state index is 11.6. The molecule has 0 aliphatic rings. The van der Waals surface area contributed by atoms with Gasteiger partial charge in [0, 0.05) is 5.38 Å². The summed E-state index contributed by atoms with van der Waals surface area (Å²) in [5.41, 5.74) is 5.68. The molecule has 0 bridgehead atoms. The summed E-state index contributed by atoms with van der Waals surface area (Å²) in [5, 5.41) is 1.42. The lowest BCUT2D eigenvalue weighted by Crippen LogP contribution is -2.36. The van der Waals surface area contributed by atoms with Gasteiger partial charge >= 0.3 is 0 Å². The van der Waals surface area contributed by atoms with Crippen molar-refractivity contribution in [2.75, 3.05) is 0 Å². The Balaban J connectivity index is 2.84. The molecule has 0 aliphatic heterocycles. The van der Waals surface area contributed by atoms with Gasteiger partial charge in [-0.05, 0) is 20.8 Å². The van der Waals surface area contributed by atoms with Crippen LogP contribution >= 0.6 is 11.3 Å². The van der Waals surface area contributed by atoms with Gasteiger partial charge < -0.3 is 5.73 Å². The van der Waals surface area contributed by atoms with Gasteiger partial charge in [0.05, 0.1) is 11.3 Å². The molecule has 1 amide bonds. The van der Waals surface area contributed by atoms with Gasteiger partial charge in [0.1, 0.15) is 10.7 Å². The summed E-state index contributed by atoms with van der Waals surface area (Å²) in [5.74, 6) is -0.721. The number of nitrogens with zero attached hydrogens (tertiary/aromatic N) is 1. The van der Waals surface area contributed by atoms with Crippen molar-refractivity contribution in [1.82, 2.24) is 9.71 Å². The van der Waals surface area contributed by atoms with E-state index in [-0.39, 0.29) is 11.7 Å². The molecule has 1 aromatic heterocycles. The van der Waals surface area contributed by atoms with Crippen LogP contribution in [0.1, 0.15) is 42.3 Å². The van der Waals surface area contributed by atoms with Gasteiger partial charge in [-0.3, -0.25) is 4.79 Å². The highest BCUT2D eigenvalue weighted by molar-refractivity contribution is 7.90. The van der Waals surface area contributed by atoms with E-state index in [1.807, 2.05) is 4.72 Å². The molecule has 1 unspecified atom stereocenters. The molecule has 1 aromatic rings. The minimum atomic E-state index is -3.62. The van der Waals surface area contributed by atoms with Gasteiger partial charge in [-0.15, -0.1) is 11.3 Å². The van der Waals surface area contributed by atoms with Crippen molar-refractivity contribution in [1.29, 1.82) is 0 Å². The molecule has 3 N–H and O–H groups in total. The molecule has 0 fully saturated rings. The highest BCUT2D eigenvalue weighted by Crippen LogP contribution is 2.15. The monoisotopic (exact) mass is 277 g/mol. The molecule has 0 spiro atoms. The van der Waals surface area contributed by atoms with Crippen molar-refractivity contribution in [3.8, 4) is 0 Å². The third kappa shape index (κ3) is 3.48. The fourth-order valence-corrected chi connectivity index (χ4v) is 2.26. The SMILES string of the molecule is CC(N)c1nc(C(=O)NS(=O)(=O)C(C)C)cs1. The number of nitrogens with one attached hydrogen (secondary N) is 1. The number of aromatic nitrogens is 1. The molecular weight excluding hydrogens is 262 g/mol. The van der Waals surface area contributed by atoms with E-state index in [1.54, 1.807) is 6.92 Å². The minimum Gasteiger partial charge on any atom is -0.322 e. The summed E-state index contributed by atoms with van der Waals surface area (Å²) < 4.78 is 24.9. The molecule has 6 nitrogen and oxygen atoms in total. The molecule has 0 saturated carbocycles. The number of amides is 1. The van der Waals surface area contributed by atoms with Gasteiger partial charge in [0.25, 0.3) is 5.91 Å². The molecule has 1 heterocycles. The van der Waals surface area contributed by atoms with E-state index < -0.39 is 21.2 Å². The predicted octanol–water partition coefficient (Wildman–Crippen LogP) is 0.631. The van der Waals surface area contributed by atoms with Crippen LogP contribution in [-0.4, -0.2) is 24.6 Å². The van der Waals surface area contributed by atoms with Crippen LogP contribution in [0.5, 0.6) is 0 Å². The standard InChI is InChI=1S/C9H15N3O3S2/c1-5(2)17(14,15)12-8(13)7-4-16-9(11-7)6(3)10/h4-6H,10H2,1-3H3,(H,12,13). The van der Waals surface area contributed by atoms with Crippen LogP contribution in [0, 0.1) is 0 Å². The van der Waals surface area contributed by atoms with E-state index in [9.17, 15) is 13.2 Å². The Morgan fingerprint density at radius 3 is 2.47 bits per heavy atom. The third-order valence-corrected chi connectivity index (χ3v) is 4.76. The summed E-state index contributed by atoms with van der Waals surface area (Å²) in [4.78, 5) is 15.6. The van der Waals surface area contributed by atoms with E-state index in [0.29, 0.717) is 5.01 Å². The Hall–Kier alpha value is -0.990. The van der Waals surface area contributed by atoms with Crippen LogP contribution < -0.4 is 10.5 Å². The van der Waals surface area contributed by atoms with Gasteiger partial charge in [-0.1, -0.05) is 0 Å². The van der Waals surface area contributed by atoms with Crippen molar-refractivity contribution in [3.63, 3.8) is 0 Å². The lowest BCUT2D eigenvalue weighted by molar-refractivity contribution is 0.0977. The summed E-state index contributed by atoms with van der Waals surface area (Å²) in [6.45, 7) is 4.72. The quantitative estimate of drug-likeness (QED) is 0.840. The first-order valence-corrected chi connectivity index (χ1v) is 7.43. The van der Waals surface area contributed by atoms with Crippen LogP contribution in [0.4, 0.5) is 0 Å². The molecule has 8 heteroatoms. The number of rotatable bonds is 4. The van der Waals surface area contributed by atoms with Crippen LogP contribution in [0.15, 0.2) is 5.38 Å². The maximum atomic E-state index is 11.6. The topological polar surface area (TPSA) is 102 Å². The molecule has 0 aliphatic carbocycles. The number of nitrogens with two attached hydrogens (primary N) is 1. The Kier molecular flexibility index (Phi) is 4.23. The first kappa shape index (κ1) is 14.1. The number of carbonyl (C=O) groups is 1. The van der Waals surface area contributed by atoms with Gasteiger partial charge in [-0.2, -0.15) is 0 Å². The van der Waals surface area contributed by atoms with Gasteiger partial charge in [0.15, 0.2) is 0 Å². The van der Waals surface area contributed by atoms with Gasteiger partial charge in [0.2, 0.25) is 10.0 Å². The summed E-state index contributed by atoms with van der Waals surface area (Å²) in [6.07, 6.45) is 0. The zero-order valence-electron chi connectivity index (χ0n) is 9.80. The first-order valence-electron chi connectivity index (χ1n) is 5.01. The number of carbonyl (C=O) groups excluding carboxylic acids is 1. The summed E-state index contributed by atoms with van der Waals surface area (Å²) >= 11 is 1.23. The third-order valence-electron chi connectivity index (χ3n) is 2.00. The summed E-state index contributed by atoms with van der Waals surface area (Å²) in [7, 11) is -3.62. The molecule has 1 rings (SSSR count). The van der Waals surface area contributed by atoms with Crippen molar-refractivity contribution < 1.29 is 13.2 Å². The van der Waals surface area contributed by atoms with Crippen LogP contribution in [0.3, 0.4) is 0 Å². The minimum absolute atomic E-state index is 0.0755. The van der Waals surface area contributed by atoms with Crippen molar-refractivity contribution in [2.45, 2.75) is 32.1 Å². The molecule has 0 aromatic carbocycles. The maximum Gasteiger partial charge on any atom is 0.284 e. The molecule has 0 radical (unpaired) electrons. The Morgan fingerprint density at radius 2 is 2.06 bits per heavy atom. The highest BCUT2D eigenvalue weighted by atomic mass is 32.2. The zero-order valence-corrected chi connectivity index (χ0v) is 11.4. The lowest BCUT2D eigenvalue weighted by atomic mass is 10.4. The lowest BCUT2D eigenvalue weighted by Gasteiger charge is -2.07. The molecule has 0 saturated heterocycles. The molecule has 17 heavy (non-hydrogen) atoms. The average molecular weight is 277 g/mol. The van der Waals surface area contributed by atoms with E-state index >= 15 is 0 Å². The fourth-order valence-electron chi connectivity index (χ4n) is 0.900. The second-order valence-electron chi connectivity index (χ2n) is 3.88. The number of sulfonamides is 1. The normalized spacial score (nSPS) is 13.7. The number of thiazole rings is 1. The number of hydrogen-bond donors (Lipinski definition) is 2. The van der Waals surface area contributed by atoms with E-state index in [1.165, 1.54) is 30.6 Å². The smallest absolute Gasteiger partial charge is 0.284 e. The molecule has 96 valence electrons. The largest absolute Gasteiger partial charge is 0.322 e. The highest BCUT2D eigenvalue weighted by Gasteiger charge is 2.21. The van der Waals surface area contributed by atoms with E-state index in [2.05, 4.69) is 4.98 Å². The van der Waals surface area contributed by atoms with Crippen LogP contribution in [0.2, 0.25) is 0 Å². The van der Waals surface area contributed by atoms with Gasteiger partial charge in [-0.25, -0.2) is 18.1 Å². The average Bonchev–Trinajstić information content (AvgIpc) is 2.65. The molecule has 1 atom stereocenters.